The van der Waals surface area contributed by atoms with Crippen LogP contribution in [0.15, 0.2) is 35.7 Å². The summed E-state index contributed by atoms with van der Waals surface area (Å²) in [5.41, 5.74) is 1.45. The number of benzene rings is 1. The number of fused-ring (bicyclic) bond motifs is 1. The number of rotatable bonds is 6. The number of nitrogens with one attached hydrogen (secondary N) is 1. The lowest BCUT2D eigenvalue weighted by molar-refractivity contribution is 0.102. The number of carbonyl (C=O) groups excluding carboxylic acids is 1. The largest absolute Gasteiger partial charge is 0.479 e. The third kappa shape index (κ3) is 4.48. The first-order chi connectivity index (χ1) is 15.1. The Labute approximate surface area is 180 Å². The highest BCUT2D eigenvalue weighted by atomic mass is 16.5. The quantitative estimate of drug-likeness (QED) is 0.488. The normalized spacial score (nSPS) is 16.0. The summed E-state index contributed by atoms with van der Waals surface area (Å²) in [5.74, 6) is 3.66. The molecule has 1 aromatic carbocycles. The Morgan fingerprint density at radius 1 is 1.42 bits per heavy atom. The first-order valence-electron chi connectivity index (χ1n) is 9.91. The van der Waals surface area contributed by atoms with Gasteiger partial charge < -0.3 is 19.9 Å². The number of aryl methyl sites for hydroxylation is 1. The van der Waals surface area contributed by atoms with E-state index in [4.69, 9.17) is 11.2 Å². The molecule has 1 saturated heterocycles. The predicted octanol–water partition coefficient (Wildman–Crippen LogP) is 2.15. The summed E-state index contributed by atoms with van der Waals surface area (Å²) >= 11 is 0. The highest BCUT2D eigenvalue weighted by Gasteiger charge is 2.22. The minimum absolute atomic E-state index is 0.0787. The van der Waals surface area contributed by atoms with Crippen LogP contribution >= 0.6 is 0 Å². The highest BCUT2D eigenvalue weighted by molar-refractivity contribution is 6.04. The number of aromatic nitrogens is 4. The SMILES string of the molecule is C#CCOc1cc2nn(C)cc2cc1NC(=O)c1cnc(N2CCC(C=NC)C2)cn1. The summed E-state index contributed by atoms with van der Waals surface area (Å²) in [6.07, 6.45) is 13.3. The Balaban J connectivity index is 1.51. The summed E-state index contributed by atoms with van der Waals surface area (Å²) in [6, 6.07) is 3.55. The van der Waals surface area contributed by atoms with Crippen LogP contribution in [0.1, 0.15) is 16.9 Å². The molecule has 9 heteroatoms. The molecule has 4 rings (SSSR count). The third-order valence-corrected chi connectivity index (χ3v) is 5.06. The van der Waals surface area contributed by atoms with Gasteiger partial charge in [-0.25, -0.2) is 9.97 Å². The summed E-state index contributed by atoms with van der Waals surface area (Å²) in [5, 5.41) is 8.08. The molecule has 0 spiro atoms. The van der Waals surface area contributed by atoms with Crippen LogP contribution in [0.2, 0.25) is 0 Å². The van der Waals surface area contributed by atoms with E-state index in [1.807, 2.05) is 19.5 Å². The van der Waals surface area contributed by atoms with E-state index in [9.17, 15) is 4.79 Å². The monoisotopic (exact) mass is 417 g/mol. The Bertz CT molecular complexity index is 1160. The molecule has 1 unspecified atom stereocenters. The second-order valence-corrected chi connectivity index (χ2v) is 7.32. The Kier molecular flexibility index (Phi) is 5.80. The number of amides is 1. The van der Waals surface area contributed by atoms with Crippen LogP contribution in [0, 0.1) is 18.3 Å². The van der Waals surface area contributed by atoms with Crippen molar-refractivity contribution in [1.82, 2.24) is 19.7 Å². The molecule has 0 radical (unpaired) electrons. The van der Waals surface area contributed by atoms with E-state index in [-0.39, 0.29) is 18.2 Å². The van der Waals surface area contributed by atoms with Gasteiger partial charge in [0.2, 0.25) is 0 Å². The molecule has 0 aliphatic carbocycles. The van der Waals surface area contributed by atoms with Gasteiger partial charge in [-0.2, -0.15) is 5.10 Å². The Morgan fingerprint density at radius 3 is 3.03 bits per heavy atom. The second kappa shape index (κ2) is 8.83. The maximum absolute atomic E-state index is 12.8. The van der Waals surface area contributed by atoms with Gasteiger partial charge in [0, 0.05) is 57.0 Å². The van der Waals surface area contributed by atoms with Gasteiger partial charge in [0.25, 0.3) is 5.91 Å². The van der Waals surface area contributed by atoms with Crippen LogP contribution in [-0.4, -0.2) is 58.6 Å². The fraction of sp³-hybridized carbons (Fsp3) is 0.318. The maximum atomic E-state index is 12.8. The van der Waals surface area contributed by atoms with Crippen molar-refractivity contribution < 1.29 is 9.53 Å². The van der Waals surface area contributed by atoms with Gasteiger partial charge in [-0.3, -0.25) is 9.48 Å². The molecule has 0 saturated carbocycles. The number of anilines is 2. The van der Waals surface area contributed by atoms with E-state index in [2.05, 4.69) is 36.2 Å². The average molecular weight is 417 g/mol. The van der Waals surface area contributed by atoms with Crippen molar-refractivity contribution in [2.45, 2.75) is 6.42 Å². The van der Waals surface area contributed by atoms with E-state index < -0.39 is 0 Å². The fourth-order valence-electron chi connectivity index (χ4n) is 3.63. The lowest BCUT2D eigenvalue weighted by atomic mass is 10.1. The first kappa shape index (κ1) is 20.3. The van der Waals surface area contributed by atoms with Crippen LogP contribution in [0.4, 0.5) is 11.5 Å². The van der Waals surface area contributed by atoms with Crippen molar-refractivity contribution in [3.8, 4) is 18.1 Å². The molecule has 1 atom stereocenters. The van der Waals surface area contributed by atoms with Crippen molar-refractivity contribution >= 4 is 34.5 Å². The second-order valence-electron chi connectivity index (χ2n) is 7.32. The Hall–Kier alpha value is -3.93. The zero-order valence-corrected chi connectivity index (χ0v) is 17.4. The molecular weight excluding hydrogens is 394 g/mol. The maximum Gasteiger partial charge on any atom is 0.275 e. The molecule has 0 bridgehead atoms. The van der Waals surface area contributed by atoms with Crippen LogP contribution in [0.25, 0.3) is 10.9 Å². The number of carbonyl (C=O) groups is 1. The molecule has 2 aromatic heterocycles. The van der Waals surface area contributed by atoms with Crippen LogP contribution in [0.5, 0.6) is 5.75 Å². The topological polar surface area (TPSA) is 97.5 Å². The van der Waals surface area contributed by atoms with E-state index in [0.29, 0.717) is 17.4 Å². The summed E-state index contributed by atoms with van der Waals surface area (Å²) < 4.78 is 7.30. The van der Waals surface area contributed by atoms with Crippen LogP contribution < -0.4 is 15.0 Å². The molecule has 1 aliphatic rings. The molecule has 9 nitrogen and oxygen atoms in total. The third-order valence-electron chi connectivity index (χ3n) is 5.06. The highest BCUT2D eigenvalue weighted by Crippen LogP contribution is 2.30. The minimum Gasteiger partial charge on any atom is -0.479 e. The van der Waals surface area contributed by atoms with E-state index in [0.717, 1.165) is 36.2 Å². The molecule has 31 heavy (non-hydrogen) atoms. The van der Waals surface area contributed by atoms with Gasteiger partial charge >= 0.3 is 0 Å². The van der Waals surface area contributed by atoms with E-state index in [1.165, 1.54) is 6.20 Å². The van der Waals surface area contributed by atoms with Crippen LogP contribution in [-0.2, 0) is 7.05 Å². The molecule has 1 fully saturated rings. The molecule has 158 valence electrons. The van der Waals surface area contributed by atoms with Crippen molar-refractivity contribution in [2.24, 2.45) is 18.0 Å². The van der Waals surface area contributed by atoms with Gasteiger partial charge in [0.1, 0.15) is 23.9 Å². The van der Waals surface area contributed by atoms with Crippen molar-refractivity contribution in [1.29, 1.82) is 0 Å². The first-order valence-corrected chi connectivity index (χ1v) is 9.91. The van der Waals surface area contributed by atoms with E-state index in [1.54, 1.807) is 30.1 Å². The molecular formula is C22H23N7O2. The number of hydrogen-bond donors (Lipinski definition) is 1. The summed E-state index contributed by atoms with van der Waals surface area (Å²) in [6.45, 7) is 1.81. The van der Waals surface area contributed by atoms with Crippen LogP contribution in [0.3, 0.4) is 0 Å². The predicted molar refractivity (Wildman–Crippen MR) is 120 cm³/mol. The number of aliphatic imine (C=N–C) groups is 1. The number of ether oxygens (including phenoxy) is 1. The van der Waals surface area contributed by atoms with E-state index >= 15 is 0 Å². The van der Waals surface area contributed by atoms with Crippen molar-refractivity contribution in [3.05, 3.63) is 36.4 Å². The zero-order chi connectivity index (χ0) is 21.8. The molecule has 1 amide bonds. The standard InChI is InChI=1S/C22H23N7O2/c1-4-7-31-20-9-17-16(14-28(3)27-17)8-18(20)26-22(30)19-11-25-21(12-24-19)29-6-5-15(13-29)10-23-2/h1,8-12,14-15H,5-7,13H2,2-3H3,(H,26,30). The van der Waals surface area contributed by atoms with Gasteiger partial charge in [0.05, 0.1) is 23.6 Å². The zero-order valence-electron chi connectivity index (χ0n) is 17.4. The summed E-state index contributed by atoms with van der Waals surface area (Å²) in [4.78, 5) is 27.8. The number of nitrogens with zero attached hydrogens (tertiary/aromatic N) is 6. The lowest BCUT2D eigenvalue weighted by Crippen LogP contribution is -2.22. The Morgan fingerprint density at radius 2 is 2.29 bits per heavy atom. The number of terminal acetylenes is 1. The number of hydrogen-bond acceptors (Lipinski definition) is 7. The molecule has 3 aromatic rings. The fourth-order valence-corrected chi connectivity index (χ4v) is 3.63. The summed E-state index contributed by atoms with van der Waals surface area (Å²) in [7, 11) is 3.61. The van der Waals surface area contributed by atoms with Gasteiger partial charge in [0.15, 0.2) is 0 Å². The minimum atomic E-state index is -0.384. The van der Waals surface area contributed by atoms with Gasteiger partial charge in [-0.05, 0) is 12.5 Å². The lowest BCUT2D eigenvalue weighted by Gasteiger charge is -2.16. The smallest absolute Gasteiger partial charge is 0.275 e. The van der Waals surface area contributed by atoms with Crippen molar-refractivity contribution in [2.75, 3.05) is 37.0 Å². The molecule has 1 aliphatic heterocycles. The molecule has 1 N–H and O–H groups in total. The van der Waals surface area contributed by atoms with Gasteiger partial charge in [-0.1, -0.05) is 5.92 Å². The van der Waals surface area contributed by atoms with Crippen molar-refractivity contribution in [3.63, 3.8) is 0 Å². The molecule has 3 heterocycles. The van der Waals surface area contributed by atoms with Gasteiger partial charge in [-0.15, -0.1) is 6.42 Å². The average Bonchev–Trinajstić information content (AvgIpc) is 3.38.